The summed E-state index contributed by atoms with van der Waals surface area (Å²) in [4.78, 5) is 23.4. The van der Waals surface area contributed by atoms with Gasteiger partial charge in [0.05, 0.1) is 5.75 Å². The maximum atomic E-state index is 12.5. The van der Waals surface area contributed by atoms with Gasteiger partial charge < -0.3 is 5.11 Å². The van der Waals surface area contributed by atoms with E-state index >= 15 is 0 Å². The average molecular weight is 349 g/mol. The normalized spacial score (nSPS) is 11.9. The molecule has 23 heavy (non-hydrogen) atoms. The van der Waals surface area contributed by atoms with E-state index in [4.69, 9.17) is 16.7 Å². The third kappa shape index (κ3) is 5.41. The minimum Gasteiger partial charge on any atom is -0.481 e. The lowest BCUT2D eigenvalue weighted by molar-refractivity contribution is -0.133. The molecule has 0 aromatic heterocycles. The summed E-state index contributed by atoms with van der Waals surface area (Å²) >= 11 is 7.15. The molecule has 5 heteroatoms. The number of ketones is 1. The second kappa shape index (κ2) is 8.18. The summed E-state index contributed by atoms with van der Waals surface area (Å²) < 4.78 is 0. The van der Waals surface area contributed by atoms with Gasteiger partial charge in [-0.25, -0.2) is 0 Å². The van der Waals surface area contributed by atoms with Crippen LogP contribution in [0.2, 0.25) is 5.02 Å². The average Bonchev–Trinajstić information content (AvgIpc) is 2.52. The maximum Gasteiger partial charge on any atom is 0.313 e. The second-order valence-corrected chi connectivity index (χ2v) is 6.87. The number of benzene rings is 2. The summed E-state index contributed by atoms with van der Waals surface area (Å²) in [6, 6.07) is 14.6. The highest BCUT2D eigenvalue weighted by atomic mass is 35.5. The summed E-state index contributed by atoms with van der Waals surface area (Å²) in [5.41, 5.74) is 2.58. The van der Waals surface area contributed by atoms with Crippen molar-refractivity contribution in [2.45, 2.75) is 18.6 Å². The molecule has 0 aliphatic rings. The van der Waals surface area contributed by atoms with Crippen molar-refractivity contribution < 1.29 is 14.7 Å². The number of rotatable bonds is 7. The Kier molecular flexibility index (Phi) is 6.25. The molecule has 1 atom stereocenters. The quantitative estimate of drug-likeness (QED) is 0.731. The summed E-state index contributed by atoms with van der Waals surface area (Å²) in [6.45, 7) is 1.94. The summed E-state index contributed by atoms with van der Waals surface area (Å²) in [6.07, 6.45) is 0.253. The van der Waals surface area contributed by atoms with E-state index in [9.17, 15) is 9.59 Å². The van der Waals surface area contributed by atoms with Gasteiger partial charge in [0, 0.05) is 22.3 Å². The van der Waals surface area contributed by atoms with Crippen molar-refractivity contribution >= 4 is 35.1 Å². The maximum absolute atomic E-state index is 12.5. The van der Waals surface area contributed by atoms with E-state index in [1.807, 2.05) is 37.3 Å². The molecule has 2 aromatic rings. The molecule has 0 spiro atoms. The van der Waals surface area contributed by atoms with E-state index < -0.39 is 5.97 Å². The molecule has 0 heterocycles. The van der Waals surface area contributed by atoms with Crippen LogP contribution in [0.4, 0.5) is 0 Å². The van der Waals surface area contributed by atoms with Crippen molar-refractivity contribution in [3.63, 3.8) is 0 Å². The third-order valence-electron chi connectivity index (χ3n) is 3.36. The fourth-order valence-corrected chi connectivity index (χ4v) is 3.32. The monoisotopic (exact) mass is 348 g/mol. The molecule has 0 fully saturated rings. The lowest BCUT2D eigenvalue weighted by Gasteiger charge is -2.16. The van der Waals surface area contributed by atoms with E-state index in [-0.39, 0.29) is 23.2 Å². The number of thioether (sulfide) groups is 1. The number of halogens is 1. The molecule has 0 saturated carbocycles. The predicted octanol–water partition coefficient (Wildman–Crippen LogP) is 4.78. The highest BCUT2D eigenvalue weighted by molar-refractivity contribution is 8.00. The Morgan fingerprint density at radius 3 is 2.48 bits per heavy atom. The molecule has 0 saturated heterocycles. The Morgan fingerprint density at radius 1 is 1.17 bits per heavy atom. The Hall–Kier alpha value is -1.78. The van der Waals surface area contributed by atoms with E-state index in [1.165, 1.54) is 11.8 Å². The van der Waals surface area contributed by atoms with Gasteiger partial charge in [-0.05, 0) is 30.7 Å². The lowest BCUT2D eigenvalue weighted by Crippen LogP contribution is -2.08. The molecule has 3 nitrogen and oxygen atoms in total. The molecule has 1 N–H and O–H groups in total. The minimum absolute atomic E-state index is 0.00605. The number of carboxylic acid groups (broad SMARTS) is 1. The van der Waals surface area contributed by atoms with Gasteiger partial charge in [-0.3, -0.25) is 9.59 Å². The van der Waals surface area contributed by atoms with E-state index in [0.29, 0.717) is 10.6 Å². The Morgan fingerprint density at radius 2 is 1.87 bits per heavy atom. The summed E-state index contributed by atoms with van der Waals surface area (Å²) in [5.74, 6) is -0.933. The molecule has 2 rings (SSSR count). The number of hydrogen-bond donors (Lipinski definition) is 1. The second-order valence-electron chi connectivity index (χ2n) is 5.24. The smallest absolute Gasteiger partial charge is 0.313 e. The van der Waals surface area contributed by atoms with Crippen LogP contribution in [0.25, 0.3) is 0 Å². The van der Waals surface area contributed by atoms with Crippen molar-refractivity contribution in [3.8, 4) is 0 Å². The van der Waals surface area contributed by atoms with Crippen molar-refractivity contribution in [2.75, 3.05) is 5.75 Å². The van der Waals surface area contributed by atoms with Crippen molar-refractivity contribution in [3.05, 3.63) is 70.2 Å². The highest BCUT2D eigenvalue weighted by Gasteiger charge is 2.19. The van der Waals surface area contributed by atoms with Gasteiger partial charge >= 0.3 is 5.97 Å². The number of hydrogen-bond acceptors (Lipinski definition) is 3. The lowest BCUT2D eigenvalue weighted by atomic mass is 10.0. The fraction of sp³-hybridized carbons (Fsp3) is 0.222. The molecule has 0 radical (unpaired) electrons. The minimum atomic E-state index is -0.892. The molecule has 2 aromatic carbocycles. The molecule has 0 aliphatic carbocycles. The first-order valence-electron chi connectivity index (χ1n) is 7.14. The van der Waals surface area contributed by atoms with Gasteiger partial charge in [0.25, 0.3) is 0 Å². The van der Waals surface area contributed by atoms with Crippen LogP contribution in [0.1, 0.15) is 33.2 Å². The van der Waals surface area contributed by atoms with Crippen LogP contribution in [0.3, 0.4) is 0 Å². The third-order valence-corrected chi connectivity index (χ3v) is 4.87. The van der Waals surface area contributed by atoms with Gasteiger partial charge in [0.1, 0.15) is 0 Å². The first-order valence-corrected chi connectivity index (χ1v) is 8.57. The summed E-state index contributed by atoms with van der Waals surface area (Å²) in [5, 5.41) is 9.31. The zero-order chi connectivity index (χ0) is 16.8. The zero-order valence-corrected chi connectivity index (χ0v) is 14.2. The van der Waals surface area contributed by atoms with Gasteiger partial charge in [-0.1, -0.05) is 47.5 Å². The fourth-order valence-electron chi connectivity index (χ4n) is 2.23. The van der Waals surface area contributed by atoms with Crippen LogP contribution in [0, 0.1) is 6.92 Å². The Balaban J connectivity index is 2.18. The van der Waals surface area contributed by atoms with Gasteiger partial charge in [-0.15, -0.1) is 11.8 Å². The van der Waals surface area contributed by atoms with Crippen molar-refractivity contribution in [1.29, 1.82) is 0 Å². The van der Waals surface area contributed by atoms with Crippen LogP contribution >= 0.6 is 23.4 Å². The van der Waals surface area contributed by atoms with Crippen LogP contribution in [-0.2, 0) is 4.79 Å². The largest absolute Gasteiger partial charge is 0.481 e. The Labute approximate surface area is 144 Å². The van der Waals surface area contributed by atoms with Gasteiger partial charge in [0.15, 0.2) is 5.78 Å². The molecule has 0 bridgehead atoms. The molecule has 0 amide bonds. The molecular formula is C18H17ClO3S. The number of carbonyl (C=O) groups is 2. The number of carboxylic acids is 1. The molecular weight excluding hydrogens is 332 g/mol. The van der Waals surface area contributed by atoms with E-state index in [0.717, 1.165) is 11.1 Å². The van der Waals surface area contributed by atoms with E-state index in [2.05, 4.69) is 0 Å². The zero-order valence-electron chi connectivity index (χ0n) is 12.7. The summed E-state index contributed by atoms with van der Waals surface area (Å²) in [7, 11) is 0. The van der Waals surface area contributed by atoms with Crippen molar-refractivity contribution in [1.82, 2.24) is 0 Å². The standard InChI is InChI=1S/C18H17ClO3S/c1-12-3-2-4-14(9-12)16(20)10-17(23-11-18(21)22)13-5-7-15(19)8-6-13/h2-9,17H,10-11H2,1H3,(H,21,22). The number of aliphatic carboxylic acids is 1. The first kappa shape index (κ1) is 17.6. The van der Waals surface area contributed by atoms with E-state index in [1.54, 1.807) is 18.2 Å². The number of Topliss-reactive ketones (excluding diaryl/α,β-unsaturated/α-hetero) is 1. The SMILES string of the molecule is Cc1cccc(C(=O)CC(SCC(=O)O)c2ccc(Cl)cc2)c1. The molecule has 120 valence electrons. The van der Waals surface area contributed by atoms with Crippen LogP contribution in [0.15, 0.2) is 48.5 Å². The predicted molar refractivity (Wildman–Crippen MR) is 94.4 cm³/mol. The number of carbonyl (C=O) groups excluding carboxylic acids is 1. The van der Waals surface area contributed by atoms with Gasteiger partial charge in [0.2, 0.25) is 0 Å². The molecule has 1 unspecified atom stereocenters. The topological polar surface area (TPSA) is 54.4 Å². The van der Waals surface area contributed by atoms with Crippen LogP contribution < -0.4 is 0 Å². The Bertz CT molecular complexity index is 698. The number of aryl methyl sites for hydroxylation is 1. The highest BCUT2D eigenvalue weighted by Crippen LogP contribution is 2.34. The molecule has 0 aliphatic heterocycles. The van der Waals surface area contributed by atoms with Gasteiger partial charge in [-0.2, -0.15) is 0 Å². The first-order chi connectivity index (χ1) is 11.0. The van der Waals surface area contributed by atoms with Crippen molar-refractivity contribution in [2.24, 2.45) is 0 Å². The van der Waals surface area contributed by atoms with Crippen LogP contribution in [0.5, 0.6) is 0 Å². The van der Waals surface area contributed by atoms with Crippen LogP contribution in [-0.4, -0.2) is 22.6 Å².